The Morgan fingerprint density at radius 2 is 1.91 bits per heavy atom. The molecule has 5 heteroatoms. The van der Waals surface area contributed by atoms with Gasteiger partial charge in [-0.25, -0.2) is 0 Å². The minimum atomic E-state index is -0.0845. The number of benzene rings is 1. The van der Waals surface area contributed by atoms with Crippen LogP contribution in [-0.4, -0.2) is 30.9 Å². The summed E-state index contributed by atoms with van der Waals surface area (Å²) >= 11 is 0. The predicted octanol–water partition coefficient (Wildman–Crippen LogP) is 3.05. The van der Waals surface area contributed by atoms with Crippen molar-refractivity contribution in [2.24, 2.45) is 0 Å². The van der Waals surface area contributed by atoms with Crippen molar-refractivity contribution in [1.29, 1.82) is 0 Å². The Morgan fingerprint density at radius 1 is 1.09 bits per heavy atom. The smallest absolute Gasteiger partial charge is 0.224 e. The van der Waals surface area contributed by atoms with Gasteiger partial charge in [-0.1, -0.05) is 13.0 Å². The fourth-order valence-corrected chi connectivity index (χ4v) is 2.14. The number of hydrogen-bond acceptors (Lipinski definition) is 5. The summed E-state index contributed by atoms with van der Waals surface area (Å²) in [5.74, 6) is 1.67. The van der Waals surface area contributed by atoms with Crippen LogP contribution in [0.4, 0.5) is 0 Å². The Bertz CT molecular complexity index is 628. The number of ether oxygens (including phenoxy) is 3. The van der Waals surface area contributed by atoms with Crippen molar-refractivity contribution >= 4 is 0 Å². The van der Waals surface area contributed by atoms with Gasteiger partial charge in [0.25, 0.3) is 0 Å². The predicted molar refractivity (Wildman–Crippen MR) is 84.5 cm³/mol. The first kappa shape index (κ1) is 16.1. The van der Waals surface area contributed by atoms with Gasteiger partial charge >= 0.3 is 0 Å². The van der Waals surface area contributed by atoms with Crippen LogP contribution in [0, 0.1) is 0 Å². The van der Waals surface area contributed by atoms with Gasteiger partial charge in [0.1, 0.15) is 5.75 Å². The van der Waals surface area contributed by atoms with E-state index in [0.29, 0.717) is 24.1 Å². The maximum Gasteiger partial charge on any atom is 0.224 e. The van der Waals surface area contributed by atoms with Gasteiger partial charge in [0.2, 0.25) is 11.8 Å². The lowest BCUT2D eigenvalue weighted by atomic mass is 10.0. The van der Waals surface area contributed by atoms with Gasteiger partial charge in [0.05, 0.1) is 27.4 Å². The summed E-state index contributed by atoms with van der Waals surface area (Å²) in [5, 5.41) is 9.55. The van der Waals surface area contributed by atoms with Crippen molar-refractivity contribution < 1.29 is 19.3 Å². The molecule has 1 heterocycles. The lowest BCUT2D eigenvalue weighted by molar-refractivity contribution is 0.263. The van der Waals surface area contributed by atoms with E-state index in [4.69, 9.17) is 14.2 Å². The van der Waals surface area contributed by atoms with Gasteiger partial charge in [0.15, 0.2) is 0 Å². The quantitative estimate of drug-likeness (QED) is 0.852. The van der Waals surface area contributed by atoms with Crippen LogP contribution in [0.2, 0.25) is 0 Å². The number of rotatable bonds is 7. The molecule has 0 fully saturated rings. The Labute approximate surface area is 130 Å². The summed E-state index contributed by atoms with van der Waals surface area (Å²) in [5.41, 5.74) is 2.48. The monoisotopic (exact) mass is 303 g/mol. The number of nitrogens with zero attached hydrogens (tertiary/aromatic N) is 1. The molecule has 0 saturated heterocycles. The Morgan fingerprint density at radius 3 is 2.55 bits per heavy atom. The van der Waals surface area contributed by atoms with E-state index in [9.17, 15) is 5.11 Å². The van der Waals surface area contributed by atoms with Gasteiger partial charge in [0, 0.05) is 17.2 Å². The van der Waals surface area contributed by atoms with E-state index in [2.05, 4.69) is 4.98 Å². The number of aliphatic hydroxyl groups is 1. The fourth-order valence-electron chi connectivity index (χ4n) is 2.14. The standard InChI is InChI=1S/C17H21NO4/c1-4-9-22-15-7-5-12(10-13(15)11-19)14-6-8-16(20-2)18-17(14)21-3/h5-8,10,19H,4,9,11H2,1-3H3. The highest BCUT2D eigenvalue weighted by atomic mass is 16.5. The molecule has 0 aliphatic heterocycles. The zero-order valence-corrected chi connectivity index (χ0v) is 13.1. The molecule has 1 aromatic heterocycles. The Kier molecular flexibility index (Phi) is 5.61. The molecule has 0 spiro atoms. The van der Waals surface area contributed by atoms with E-state index in [-0.39, 0.29) is 6.61 Å². The van der Waals surface area contributed by atoms with E-state index in [0.717, 1.165) is 23.1 Å². The first-order valence-corrected chi connectivity index (χ1v) is 7.19. The Hall–Kier alpha value is -2.27. The number of aromatic nitrogens is 1. The SMILES string of the molecule is CCCOc1ccc(-c2ccc(OC)nc2OC)cc1CO. The molecule has 1 N–H and O–H groups in total. The van der Waals surface area contributed by atoms with Crippen LogP contribution in [0.1, 0.15) is 18.9 Å². The normalized spacial score (nSPS) is 10.4. The summed E-state index contributed by atoms with van der Waals surface area (Å²) in [4.78, 5) is 4.28. The molecule has 0 atom stereocenters. The molecule has 2 rings (SSSR count). The largest absolute Gasteiger partial charge is 0.493 e. The van der Waals surface area contributed by atoms with Crippen LogP contribution in [0.25, 0.3) is 11.1 Å². The van der Waals surface area contributed by atoms with Crippen molar-refractivity contribution in [3.63, 3.8) is 0 Å². The topological polar surface area (TPSA) is 60.8 Å². The van der Waals surface area contributed by atoms with Crippen LogP contribution in [0.3, 0.4) is 0 Å². The molecule has 0 aliphatic rings. The highest BCUT2D eigenvalue weighted by Crippen LogP contribution is 2.33. The second kappa shape index (κ2) is 7.66. The molecule has 0 radical (unpaired) electrons. The average molecular weight is 303 g/mol. The van der Waals surface area contributed by atoms with E-state index >= 15 is 0 Å². The van der Waals surface area contributed by atoms with E-state index in [1.165, 1.54) is 0 Å². The molecule has 0 amide bonds. The molecule has 0 saturated carbocycles. The lowest BCUT2D eigenvalue weighted by Crippen LogP contribution is -2.00. The minimum Gasteiger partial charge on any atom is -0.493 e. The molecule has 22 heavy (non-hydrogen) atoms. The summed E-state index contributed by atoms with van der Waals surface area (Å²) in [7, 11) is 3.13. The summed E-state index contributed by atoms with van der Waals surface area (Å²) < 4.78 is 16.1. The minimum absolute atomic E-state index is 0.0845. The molecular formula is C17H21NO4. The van der Waals surface area contributed by atoms with Crippen LogP contribution in [0.5, 0.6) is 17.5 Å². The molecule has 5 nitrogen and oxygen atoms in total. The second-order valence-electron chi connectivity index (χ2n) is 4.74. The molecule has 1 aromatic carbocycles. The molecule has 0 bridgehead atoms. The third kappa shape index (κ3) is 3.49. The van der Waals surface area contributed by atoms with Gasteiger partial charge in [-0.05, 0) is 30.2 Å². The lowest BCUT2D eigenvalue weighted by Gasteiger charge is -2.13. The number of aliphatic hydroxyl groups excluding tert-OH is 1. The average Bonchev–Trinajstić information content (AvgIpc) is 2.59. The molecule has 0 unspecified atom stereocenters. The van der Waals surface area contributed by atoms with Gasteiger partial charge in [-0.3, -0.25) is 0 Å². The highest BCUT2D eigenvalue weighted by Gasteiger charge is 2.12. The Balaban J connectivity index is 2.40. The van der Waals surface area contributed by atoms with Crippen LogP contribution in [0.15, 0.2) is 30.3 Å². The third-order valence-corrected chi connectivity index (χ3v) is 3.24. The van der Waals surface area contributed by atoms with Crippen molar-refractivity contribution in [3.8, 4) is 28.6 Å². The molecule has 0 aliphatic carbocycles. The number of hydrogen-bond donors (Lipinski definition) is 1. The highest BCUT2D eigenvalue weighted by molar-refractivity contribution is 5.70. The van der Waals surface area contributed by atoms with Crippen molar-refractivity contribution in [2.75, 3.05) is 20.8 Å². The maximum absolute atomic E-state index is 9.55. The zero-order chi connectivity index (χ0) is 15.9. The maximum atomic E-state index is 9.55. The van der Waals surface area contributed by atoms with E-state index in [1.807, 2.05) is 31.2 Å². The zero-order valence-electron chi connectivity index (χ0n) is 13.1. The van der Waals surface area contributed by atoms with Gasteiger partial charge in [-0.15, -0.1) is 0 Å². The van der Waals surface area contributed by atoms with Crippen LogP contribution < -0.4 is 14.2 Å². The van der Waals surface area contributed by atoms with Crippen molar-refractivity contribution in [1.82, 2.24) is 4.98 Å². The van der Waals surface area contributed by atoms with E-state index < -0.39 is 0 Å². The number of methoxy groups -OCH3 is 2. The summed E-state index contributed by atoms with van der Waals surface area (Å²) in [6.45, 7) is 2.58. The van der Waals surface area contributed by atoms with Gasteiger partial charge in [-0.2, -0.15) is 4.98 Å². The number of pyridine rings is 1. The second-order valence-corrected chi connectivity index (χ2v) is 4.74. The first-order valence-electron chi connectivity index (χ1n) is 7.19. The van der Waals surface area contributed by atoms with Crippen molar-refractivity contribution in [3.05, 3.63) is 35.9 Å². The van der Waals surface area contributed by atoms with Crippen LogP contribution in [-0.2, 0) is 6.61 Å². The summed E-state index contributed by atoms with van der Waals surface area (Å²) in [6, 6.07) is 9.33. The van der Waals surface area contributed by atoms with Crippen LogP contribution >= 0.6 is 0 Å². The fraction of sp³-hybridized carbons (Fsp3) is 0.353. The third-order valence-electron chi connectivity index (χ3n) is 3.24. The van der Waals surface area contributed by atoms with Crippen molar-refractivity contribution in [2.45, 2.75) is 20.0 Å². The molecule has 118 valence electrons. The van der Waals surface area contributed by atoms with E-state index in [1.54, 1.807) is 20.3 Å². The first-order chi connectivity index (χ1) is 10.7. The molecular weight excluding hydrogens is 282 g/mol. The summed E-state index contributed by atoms with van der Waals surface area (Å²) in [6.07, 6.45) is 0.919. The molecule has 2 aromatic rings. The van der Waals surface area contributed by atoms with Gasteiger partial charge < -0.3 is 19.3 Å².